The molecule has 1 atom stereocenters. The van der Waals surface area contributed by atoms with E-state index in [1.54, 1.807) is 11.3 Å². The van der Waals surface area contributed by atoms with Crippen molar-refractivity contribution in [1.29, 1.82) is 0 Å². The van der Waals surface area contributed by atoms with Gasteiger partial charge in [-0.1, -0.05) is 29.8 Å². The number of carboxylic acids is 1. The molecule has 1 unspecified atom stereocenters. The van der Waals surface area contributed by atoms with Crippen LogP contribution in [0.2, 0.25) is 0 Å². The van der Waals surface area contributed by atoms with E-state index in [2.05, 4.69) is 48.2 Å². The molecule has 3 nitrogen and oxygen atoms in total. The lowest BCUT2D eigenvalue weighted by molar-refractivity contribution is -0.141. The third kappa shape index (κ3) is 3.34. The molecule has 0 spiro atoms. The molecular formula is C17H19NO2S. The molecule has 1 aromatic heterocycles. The summed E-state index contributed by atoms with van der Waals surface area (Å²) in [5, 5.41) is 9.05. The van der Waals surface area contributed by atoms with Crippen molar-refractivity contribution in [2.75, 3.05) is 13.1 Å². The molecule has 21 heavy (non-hydrogen) atoms. The summed E-state index contributed by atoms with van der Waals surface area (Å²) < 4.78 is 0. The second-order valence-corrected chi connectivity index (χ2v) is 6.86. The Labute approximate surface area is 128 Å². The van der Waals surface area contributed by atoms with Crippen LogP contribution in [0.15, 0.2) is 36.4 Å². The number of rotatable bonds is 4. The highest BCUT2D eigenvalue weighted by Gasteiger charge is 2.27. The minimum atomic E-state index is -0.663. The highest BCUT2D eigenvalue weighted by Crippen LogP contribution is 2.30. The Hall–Kier alpha value is -1.65. The maximum absolute atomic E-state index is 11.0. The summed E-state index contributed by atoms with van der Waals surface area (Å²) in [6.07, 6.45) is 0.769. The first-order valence-electron chi connectivity index (χ1n) is 7.23. The molecule has 110 valence electrons. The Bertz CT molecular complexity index is 632. The van der Waals surface area contributed by atoms with Crippen molar-refractivity contribution in [1.82, 2.24) is 4.90 Å². The predicted molar refractivity (Wildman–Crippen MR) is 85.5 cm³/mol. The molecule has 0 amide bonds. The predicted octanol–water partition coefficient (Wildman–Crippen LogP) is 3.63. The number of hydrogen-bond donors (Lipinski definition) is 1. The standard InChI is InChI=1S/C17H19NO2S/c1-12-2-4-13(5-3-12)16-7-6-15(21-16)11-18-9-8-14(10-18)17(19)20/h2-7,14H,8-11H2,1H3,(H,19,20). The van der Waals surface area contributed by atoms with Crippen LogP contribution in [0.25, 0.3) is 10.4 Å². The fourth-order valence-corrected chi connectivity index (χ4v) is 3.79. The maximum Gasteiger partial charge on any atom is 0.307 e. The summed E-state index contributed by atoms with van der Waals surface area (Å²) in [4.78, 5) is 15.8. The smallest absolute Gasteiger partial charge is 0.307 e. The second kappa shape index (κ2) is 6.00. The summed E-state index contributed by atoms with van der Waals surface area (Å²) in [6, 6.07) is 12.9. The molecule has 2 aromatic rings. The van der Waals surface area contributed by atoms with Crippen molar-refractivity contribution >= 4 is 17.3 Å². The van der Waals surface area contributed by atoms with Crippen LogP contribution in [0.4, 0.5) is 0 Å². The van der Waals surface area contributed by atoms with E-state index in [0.717, 1.165) is 19.5 Å². The summed E-state index contributed by atoms with van der Waals surface area (Å²) >= 11 is 1.80. The molecule has 1 fully saturated rings. The quantitative estimate of drug-likeness (QED) is 0.937. The molecule has 1 saturated heterocycles. The van der Waals surface area contributed by atoms with E-state index < -0.39 is 5.97 Å². The van der Waals surface area contributed by atoms with Gasteiger partial charge in [0.05, 0.1) is 5.92 Å². The van der Waals surface area contributed by atoms with Crippen molar-refractivity contribution in [2.45, 2.75) is 19.9 Å². The molecule has 4 heteroatoms. The van der Waals surface area contributed by atoms with Gasteiger partial charge < -0.3 is 5.11 Å². The molecule has 1 aromatic carbocycles. The topological polar surface area (TPSA) is 40.5 Å². The first-order valence-corrected chi connectivity index (χ1v) is 8.04. The minimum absolute atomic E-state index is 0.193. The van der Waals surface area contributed by atoms with E-state index in [1.165, 1.54) is 20.9 Å². The van der Waals surface area contributed by atoms with Crippen molar-refractivity contribution < 1.29 is 9.90 Å². The zero-order valence-corrected chi connectivity index (χ0v) is 12.9. The summed E-state index contributed by atoms with van der Waals surface area (Å²) in [7, 11) is 0. The van der Waals surface area contributed by atoms with Crippen molar-refractivity contribution in [3.8, 4) is 10.4 Å². The zero-order valence-electron chi connectivity index (χ0n) is 12.1. The number of benzene rings is 1. The van der Waals surface area contributed by atoms with E-state index in [-0.39, 0.29) is 5.92 Å². The number of nitrogens with zero attached hydrogens (tertiary/aromatic N) is 1. The number of hydrogen-bond acceptors (Lipinski definition) is 3. The normalized spacial score (nSPS) is 19.0. The SMILES string of the molecule is Cc1ccc(-c2ccc(CN3CCC(C(=O)O)C3)s2)cc1. The fraction of sp³-hybridized carbons (Fsp3) is 0.353. The number of likely N-dealkylation sites (tertiary alicyclic amines) is 1. The monoisotopic (exact) mass is 301 g/mol. The van der Waals surface area contributed by atoms with Gasteiger partial charge in [0.1, 0.15) is 0 Å². The zero-order chi connectivity index (χ0) is 14.8. The van der Waals surface area contributed by atoms with Gasteiger partial charge in [0.15, 0.2) is 0 Å². The molecule has 1 aliphatic heterocycles. The molecule has 0 saturated carbocycles. The van der Waals surface area contributed by atoms with E-state index >= 15 is 0 Å². The Balaban J connectivity index is 1.66. The third-order valence-electron chi connectivity index (χ3n) is 4.00. The summed E-state index contributed by atoms with van der Waals surface area (Å²) in [5.41, 5.74) is 2.52. The van der Waals surface area contributed by atoms with Crippen LogP contribution in [-0.4, -0.2) is 29.1 Å². The average molecular weight is 301 g/mol. The van der Waals surface area contributed by atoms with Crippen molar-refractivity contribution in [3.63, 3.8) is 0 Å². The molecule has 0 aliphatic carbocycles. The minimum Gasteiger partial charge on any atom is -0.481 e. The number of carbonyl (C=O) groups is 1. The van der Waals surface area contributed by atoms with Crippen LogP contribution in [0.3, 0.4) is 0 Å². The van der Waals surface area contributed by atoms with Crippen LogP contribution >= 0.6 is 11.3 Å². The summed E-state index contributed by atoms with van der Waals surface area (Å²) in [5.74, 6) is -0.856. The highest BCUT2D eigenvalue weighted by atomic mass is 32.1. The molecule has 1 N–H and O–H groups in total. The van der Waals surface area contributed by atoms with Gasteiger partial charge in [-0.15, -0.1) is 11.3 Å². The Morgan fingerprint density at radius 2 is 2.05 bits per heavy atom. The van der Waals surface area contributed by atoms with Crippen molar-refractivity contribution in [3.05, 3.63) is 46.8 Å². The molecule has 0 bridgehead atoms. The maximum atomic E-state index is 11.0. The van der Waals surface area contributed by atoms with Gasteiger partial charge in [0.2, 0.25) is 0 Å². The van der Waals surface area contributed by atoms with Gasteiger partial charge in [-0.2, -0.15) is 0 Å². The van der Waals surface area contributed by atoms with Crippen LogP contribution in [0, 0.1) is 12.8 Å². The largest absolute Gasteiger partial charge is 0.481 e. The lowest BCUT2D eigenvalue weighted by atomic mass is 10.1. The van der Waals surface area contributed by atoms with Gasteiger partial charge in [-0.05, 0) is 37.6 Å². The Kier molecular flexibility index (Phi) is 4.08. The average Bonchev–Trinajstić information content (AvgIpc) is 3.10. The first kappa shape index (κ1) is 14.3. The van der Waals surface area contributed by atoms with Gasteiger partial charge in [-0.25, -0.2) is 0 Å². The molecular weight excluding hydrogens is 282 g/mol. The van der Waals surface area contributed by atoms with Gasteiger partial charge >= 0.3 is 5.97 Å². The number of carboxylic acid groups (broad SMARTS) is 1. The van der Waals surface area contributed by atoms with E-state index in [1.807, 2.05) is 0 Å². The van der Waals surface area contributed by atoms with Crippen LogP contribution in [-0.2, 0) is 11.3 Å². The molecule has 2 heterocycles. The fourth-order valence-electron chi connectivity index (χ4n) is 2.73. The third-order valence-corrected chi connectivity index (χ3v) is 5.12. The van der Waals surface area contributed by atoms with Gasteiger partial charge in [0, 0.05) is 22.8 Å². The first-order chi connectivity index (χ1) is 10.1. The lowest BCUT2D eigenvalue weighted by Crippen LogP contribution is -2.22. The van der Waals surface area contributed by atoms with Crippen molar-refractivity contribution in [2.24, 2.45) is 5.92 Å². The van der Waals surface area contributed by atoms with Gasteiger partial charge in [0.25, 0.3) is 0 Å². The summed E-state index contributed by atoms with van der Waals surface area (Å²) in [6.45, 7) is 4.51. The Morgan fingerprint density at radius 3 is 2.71 bits per heavy atom. The van der Waals surface area contributed by atoms with E-state index in [9.17, 15) is 4.79 Å². The van der Waals surface area contributed by atoms with E-state index in [4.69, 9.17) is 5.11 Å². The second-order valence-electron chi connectivity index (χ2n) is 5.69. The van der Waals surface area contributed by atoms with Crippen LogP contribution in [0.5, 0.6) is 0 Å². The number of aryl methyl sites for hydroxylation is 1. The Morgan fingerprint density at radius 1 is 1.29 bits per heavy atom. The van der Waals surface area contributed by atoms with E-state index in [0.29, 0.717) is 6.54 Å². The lowest BCUT2D eigenvalue weighted by Gasteiger charge is -2.13. The number of aliphatic carboxylic acids is 1. The number of thiophene rings is 1. The van der Waals surface area contributed by atoms with Gasteiger partial charge in [-0.3, -0.25) is 9.69 Å². The molecule has 0 radical (unpaired) electrons. The highest BCUT2D eigenvalue weighted by molar-refractivity contribution is 7.15. The van der Waals surface area contributed by atoms with Crippen LogP contribution in [0.1, 0.15) is 16.9 Å². The molecule has 1 aliphatic rings. The molecule has 3 rings (SSSR count). The van der Waals surface area contributed by atoms with Crippen LogP contribution < -0.4 is 0 Å².